The van der Waals surface area contributed by atoms with E-state index < -0.39 is 0 Å². The first-order chi connectivity index (χ1) is 13.2. The molecular formula is C20H28N4O3. The summed E-state index contributed by atoms with van der Waals surface area (Å²) in [4.78, 5) is 28.8. The van der Waals surface area contributed by atoms with Crippen molar-refractivity contribution in [2.75, 3.05) is 32.8 Å². The molecule has 1 fully saturated rings. The van der Waals surface area contributed by atoms with E-state index in [4.69, 9.17) is 4.74 Å². The molecule has 1 aromatic heterocycles. The van der Waals surface area contributed by atoms with Crippen molar-refractivity contribution in [1.29, 1.82) is 0 Å². The van der Waals surface area contributed by atoms with Crippen LogP contribution in [-0.4, -0.2) is 60.7 Å². The number of hydrogen-bond donors (Lipinski definition) is 3. The van der Waals surface area contributed by atoms with Gasteiger partial charge in [0.1, 0.15) is 0 Å². The number of H-pyrrole nitrogens is 1. The number of fused-ring (bicyclic) bond motifs is 1. The molecule has 7 nitrogen and oxygen atoms in total. The summed E-state index contributed by atoms with van der Waals surface area (Å²) in [5.74, 6) is 0.00325. The third-order valence-corrected chi connectivity index (χ3v) is 4.92. The predicted octanol–water partition coefficient (Wildman–Crippen LogP) is 2.04. The van der Waals surface area contributed by atoms with E-state index in [1.165, 1.54) is 10.9 Å². The molecule has 2 amide bonds. The van der Waals surface area contributed by atoms with E-state index in [2.05, 4.69) is 27.8 Å². The molecule has 146 valence electrons. The van der Waals surface area contributed by atoms with Gasteiger partial charge >= 0.3 is 6.09 Å². The van der Waals surface area contributed by atoms with Gasteiger partial charge in [-0.15, -0.1) is 0 Å². The maximum Gasteiger partial charge on any atom is 0.409 e. The normalized spacial score (nSPS) is 15.1. The lowest BCUT2D eigenvalue weighted by Crippen LogP contribution is -2.48. The molecule has 0 unspecified atom stereocenters. The Morgan fingerprint density at radius 3 is 2.81 bits per heavy atom. The lowest BCUT2D eigenvalue weighted by Gasteiger charge is -2.31. The number of aromatic nitrogens is 1. The highest BCUT2D eigenvalue weighted by Crippen LogP contribution is 2.17. The number of hydrogen-bond acceptors (Lipinski definition) is 4. The fraction of sp³-hybridized carbons (Fsp3) is 0.500. The van der Waals surface area contributed by atoms with Crippen LogP contribution in [0, 0.1) is 0 Å². The van der Waals surface area contributed by atoms with E-state index in [1.54, 1.807) is 11.8 Å². The summed E-state index contributed by atoms with van der Waals surface area (Å²) >= 11 is 0. The highest BCUT2D eigenvalue weighted by molar-refractivity contribution is 5.83. The number of nitrogens with one attached hydrogen (secondary N) is 3. The molecule has 1 saturated heterocycles. The number of para-hydroxylation sites is 1. The zero-order valence-electron chi connectivity index (χ0n) is 15.8. The summed E-state index contributed by atoms with van der Waals surface area (Å²) < 4.78 is 5.01. The highest BCUT2D eigenvalue weighted by Gasteiger charge is 2.24. The maximum atomic E-state index is 12.1. The molecule has 2 heterocycles. The molecule has 0 aliphatic carbocycles. The smallest absolute Gasteiger partial charge is 0.409 e. The summed E-state index contributed by atoms with van der Waals surface area (Å²) in [5.41, 5.74) is 2.39. The Bertz CT molecular complexity index is 765. The van der Waals surface area contributed by atoms with Gasteiger partial charge in [-0.05, 0) is 44.4 Å². The molecule has 7 heteroatoms. The number of piperidine rings is 1. The van der Waals surface area contributed by atoms with E-state index >= 15 is 0 Å². The molecule has 0 spiro atoms. The van der Waals surface area contributed by atoms with Crippen molar-refractivity contribution < 1.29 is 14.3 Å². The molecule has 3 N–H and O–H groups in total. The summed E-state index contributed by atoms with van der Waals surface area (Å²) in [6, 6.07) is 8.35. The van der Waals surface area contributed by atoms with E-state index in [0.29, 0.717) is 26.2 Å². The lowest BCUT2D eigenvalue weighted by molar-refractivity contribution is -0.121. The summed E-state index contributed by atoms with van der Waals surface area (Å²) in [6.07, 6.45) is 4.17. The van der Waals surface area contributed by atoms with Crippen LogP contribution in [0.1, 0.15) is 25.3 Å². The van der Waals surface area contributed by atoms with Gasteiger partial charge in [0.2, 0.25) is 5.91 Å². The quantitative estimate of drug-likeness (QED) is 0.649. The number of ether oxygens (including phenoxy) is 1. The Morgan fingerprint density at radius 1 is 1.26 bits per heavy atom. The van der Waals surface area contributed by atoms with Crippen molar-refractivity contribution >= 4 is 22.9 Å². The topological polar surface area (TPSA) is 86.5 Å². The summed E-state index contributed by atoms with van der Waals surface area (Å²) in [6.45, 7) is 4.49. The number of carbonyl (C=O) groups excluding carboxylic acids is 2. The van der Waals surface area contributed by atoms with Crippen molar-refractivity contribution in [3.05, 3.63) is 36.0 Å². The minimum Gasteiger partial charge on any atom is -0.450 e. The van der Waals surface area contributed by atoms with E-state index in [9.17, 15) is 9.59 Å². The Balaban J connectivity index is 1.33. The average Bonchev–Trinajstić information content (AvgIpc) is 3.09. The lowest BCUT2D eigenvalue weighted by atomic mass is 10.1. The minimum atomic E-state index is -0.263. The third kappa shape index (κ3) is 5.23. The molecule has 0 atom stereocenters. The first-order valence-corrected chi connectivity index (χ1v) is 9.64. The zero-order valence-corrected chi connectivity index (χ0v) is 15.8. The van der Waals surface area contributed by atoms with Crippen LogP contribution in [0.2, 0.25) is 0 Å². The van der Waals surface area contributed by atoms with Crippen LogP contribution in [0.4, 0.5) is 4.79 Å². The van der Waals surface area contributed by atoms with E-state index in [0.717, 1.165) is 31.3 Å². The van der Waals surface area contributed by atoms with Crippen LogP contribution < -0.4 is 10.6 Å². The molecule has 0 bridgehead atoms. The van der Waals surface area contributed by atoms with E-state index in [-0.39, 0.29) is 18.0 Å². The zero-order chi connectivity index (χ0) is 19.1. The second-order valence-corrected chi connectivity index (χ2v) is 6.81. The predicted molar refractivity (Wildman–Crippen MR) is 105 cm³/mol. The van der Waals surface area contributed by atoms with Crippen molar-refractivity contribution in [3.63, 3.8) is 0 Å². The first-order valence-electron chi connectivity index (χ1n) is 9.64. The van der Waals surface area contributed by atoms with Gasteiger partial charge in [0.15, 0.2) is 0 Å². The second-order valence-electron chi connectivity index (χ2n) is 6.81. The van der Waals surface area contributed by atoms with Gasteiger partial charge in [0.25, 0.3) is 0 Å². The van der Waals surface area contributed by atoms with Crippen molar-refractivity contribution in [2.45, 2.75) is 32.2 Å². The fourth-order valence-electron chi connectivity index (χ4n) is 3.46. The number of likely N-dealkylation sites (tertiary alicyclic amines) is 1. The molecule has 0 radical (unpaired) electrons. The van der Waals surface area contributed by atoms with Crippen LogP contribution >= 0.6 is 0 Å². The van der Waals surface area contributed by atoms with E-state index in [1.807, 2.05) is 18.3 Å². The van der Waals surface area contributed by atoms with Crippen LogP contribution in [0.25, 0.3) is 10.9 Å². The van der Waals surface area contributed by atoms with Gasteiger partial charge in [-0.1, -0.05) is 18.2 Å². The molecule has 27 heavy (non-hydrogen) atoms. The van der Waals surface area contributed by atoms with Crippen LogP contribution in [0.5, 0.6) is 0 Å². The Morgan fingerprint density at radius 2 is 2.04 bits per heavy atom. The number of aromatic amines is 1. The molecule has 3 rings (SSSR count). The van der Waals surface area contributed by atoms with Crippen molar-refractivity contribution in [3.8, 4) is 0 Å². The van der Waals surface area contributed by atoms with Gasteiger partial charge in [0.05, 0.1) is 13.2 Å². The molecule has 1 aliphatic rings. The number of nitrogens with zero attached hydrogens (tertiary/aromatic N) is 1. The number of carbonyl (C=O) groups is 2. The number of rotatable bonds is 7. The maximum absolute atomic E-state index is 12.1. The standard InChI is InChI=1S/C20H28N4O3/c1-2-27-20(26)24-11-8-16(9-12-24)23-19(25)14-21-10-7-15-13-22-18-6-4-3-5-17(15)18/h3-6,13,16,21-22H,2,7-12,14H2,1H3,(H,23,25). The minimum absolute atomic E-state index is 0.00325. The number of amides is 2. The van der Waals surface area contributed by atoms with Crippen LogP contribution in [0.3, 0.4) is 0 Å². The Hall–Kier alpha value is -2.54. The largest absolute Gasteiger partial charge is 0.450 e. The summed E-state index contributed by atoms with van der Waals surface area (Å²) in [5, 5.41) is 7.49. The first kappa shape index (κ1) is 19.2. The SMILES string of the molecule is CCOC(=O)N1CCC(NC(=O)CNCCc2c[nH]c3ccccc23)CC1. The van der Waals surface area contributed by atoms with Crippen LogP contribution in [-0.2, 0) is 16.0 Å². The highest BCUT2D eigenvalue weighted by atomic mass is 16.6. The molecule has 2 aromatic rings. The third-order valence-electron chi connectivity index (χ3n) is 4.92. The molecule has 0 saturated carbocycles. The average molecular weight is 372 g/mol. The molecular weight excluding hydrogens is 344 g/mol. The monoisotopic (exact) mass is 372 g/mol. The fourth-order valence-corrected chi connectivity index (χ4v) is 3.46. The molecule has 1 aliphatic heterocycles. The Labute approximate surface area is 159 Å². The van der Waals surface area contributed by atoms with Gasteiger partial charge in [0, 0.05) is 36.2 Å². The van der Waals surface area contributed by atoms with Crippen molar-refractivity contribution in [1.82, 2.24) is 20.5 Å². The van der Waals surface area contributed by atoms with Gasteiger partial charge < -0.3 is 25.3 Å². The molecule has 1 aromatic carbocycles. The van der Waals surface area contributed by atoms with Gasteiger partial charge in [-0.3, -0.25) is 4.79 Å². The van der Waals surface area contributed by atoms with Gasteiger partial charge in [-0.2, -0.15) is 0 Å². The Kier molecular flexibility index (Phi) is 6.70. The summed E-state index contributed by atoms with van der Waals surface area (Å²) in [7, 11) is 0. The second kappa shape index (κ2) is 9.41. The van der Waals surface area contributed by atoms with Crippen molar-refractivity contribution in [2.24, 2.45) is 0 Å². The number of benzene rings is 1. The van der Waals surface area contributed by atoms with Crippen LogP contribution in [0.15, 0.2) is 30.5 Å². The van der Waals surface area contributed by atoms with Gasteiger partial charge in [-0.25, -0.2) is 4.79 Å².